The van der Waals surface area contributed by atoms with E-state index in [9.17, 15) is 9.00 Å². The maximum atomic E-state index is 10.2. The Labute approximate surface area is 67.2 Å². The van der Waals surface area contributed by atoms with E-state index in [-0.39, 0.29) is 19.2 Å². The Bertz CT molecular complexity index is 130. The number of hydrogen-bond acceptors (Lipinski definition) is 4. The fourth-order valence-corrected chi connectivity index (χ4v) is 0.665. The van der Waals surface area contributed by atoms with Crippen LogP contribution in [0.5, 0.6) is 0 Å². The molecule has 1 N–H and O–H groups in total. The largest absolute Gasteiger partial charge is 0.466 e. The van der Waals surface area contributed by atoms with Crippen molar-refractivity contribution < 1.29 is 22.5 Å². The number of carbonyl (C=O) groups is 1. The van der Waals surface area contributed by atoms with Gasteiger partial charge in [-0.2, -0.15) is 4.21 Å². The van der Waals surface area contributed by atoms with Gasteiger partial charge in [-0.25, -0.2) is 0 Å². The summed E-state index contributed by atoms with van der Waals surface area (Å²) in [6, 6.07) is 0. The minimum Gasteiger partial charge on any atom is -0.466 e. The van der Waals surface area contributed by atoms with E-state index in [1.807, 2.05) is 0 Å². The Hall–Kier alpha value is -0.460. The van der Waals surface area contributed by atoms with Crippen molar-refractivity contribution in [2.75, 3.05) is 13.2 Å². The molecule has 0 rings (SSSR count). The summed E-state index contributed by atoms with van der Waals surface area (Å²) in [5.41, 5.74) is 0. The lowest BCUT2D eigenvalue weighted by Crippen LogP contribution is -2.05. The first-order valence-corrected chi connectivity index (χ1v) is 4.03. The molecule has 0 aliphatic rings. The predicted molar refractivity (Wildman–Crippen MR) is 38.0 cm³/mol. The van der Waals surface area contributed by atoms with Gasteiger partial charge in [-0.3, -0.25) is 13.5 Å². The van der Waals surface area contributed by atoms with Crippen molar-refractivity contribution >= 4 is 17.3 Å². The highest BCUT2D eigenvalue weighted by Crippen LogP contribution is 1.87. The Morgan fingerprint density at radius 3 is 2.64 bits per heavy atom. The lowest BCUT2D eigenvalue weighted by Gasteiger charge is -1.99. The van der Waals surface area contributed by atoms with Crippen LogP contribution in [0.15, 0.2) is 0 Å². The molecule has 0 aliphatic carbocycles. The van der Waals surface area contributed by atoms with Gasteiger partial charge in [0.15, 0.2) is 0 Å². The number of hydrogen-bond donors (Lipinski definition) is 1. The molecule has 0 radical (unpaired) electrons. The zero-order chi connectivity index (χ0) is 8.69. The molecule has 66 valence electrons. The van der Waals surface area contributed by atoms with Gasteiger partial charge < -0.3 is 4.74 Å². The van der Waals surface area contributed by atoms with Crippen molar-refractivity contribution in [2.45, 2.75) is 13.3 Å². The molecule has 0 saturated heterocycles. The highest BCUT2D eigenvalue weighted by molar-refractivity contribution is 7.74. The van der Waals surface area contributed by atoms with Crippen LogP contribution in [0.25, 0.3) is 0 Å². The van der Waals surface area contributed by atoms with E-state index >= 15 is 0 Å². The van der Waals surface area contributed by atoms with Crippen molar-refractivity contribution in [3.8, 4) is 0 Å². The average molecular weight is 182 g/mol. The number of esters is 1. The topological polar surface area (TPSA) is 72.8 Å². The molecule has 6 heteroatoms. The van der Waals surface area contributed by atoms with Gasteiger partial charge in [0.2, 0.25) is 0 Å². The molecule has 0 saturated carbocycles. The molecule has 11 heavy (non-hydrogen) atoms. The van der Waals surface area contributed by atoms with Gasteiger partial charge in [0.1, 0.15) is 0 Å². The van der Waals surface area contributed by atoms with Crippen LogP contribution in [0.2, 0.25) is 0 Å². The van der Waals surface area contributed by atoms with Crippen LogP contribution in [0.3, 0.4) is 0 Å². The lowest BCUT2D eigenvalue weighted by molar-refractivity contribution is -0.141. The van der Waals surface area contributed by atoms with E-state index in [0.29, 0.717) is 6.42 Å². The summed E-state index contributed by atoms with van der Waals surface area (Å²) in [7, 11) is 0. The monoisotopic (exact) mass is 182 g/mol. The van der Waals surface area contributed by atoms with E-state index in [4.69, 9.17) is 4.55 Å². The van der Waals surface area contributed by atoms with Crippen LogP contribution < -0.4 is 0 Å². The molecule has 1 atom stereocenters. The normalized spacial score (nSPS) is 12.5. The third-order valence-corrected chi connectivity index (χ3v) is 1.15. The van der Waals surface area contributed by atoms with Crippen LogP contribution in [-0.2, 0) is 25.1 Å². The van der Waals surface area contributed by atoms with E-state index in [0.717, 1.165) is 0 Å². The Morgan fingerprint density at radius 2 is 2.18 bits per heavy atom. The van der Waals surface area contributed by atoms with Crippen LogP contribution in [0.4, 0.5) is 0 Å². The van der Waals surface area contributed by atoms with Crippen LogP contribution >= 0.6 is 0 Å². The molecule has 1 unspecified atom stereocenters. The van der Waals surface area contributed by atoms with Gasteiger partial charge >= 0.3 is 17.3 Å². The van der Waals surface area contributed by atoms with Gasteiger partial charge in [0, 0.05) is 13.3 Å². The minimum atomic E-state index is -2.22. The summed E-state index contributed by atoms with van der Waals surface area (Å²) in [5.74, 6) is -0.366. The van der Waals surface area contributed by atoms with E-state index in [1.54, 1.807) is 0 Å². The molecule has 0 bridgehead atoms. The van der Waals surface area contributed by atoms with Crippen molar-refractivity contribution in [3.05, 3.63) is 0 Å². The highest BCUT2D eigenvalue weighted by Gasteiger charge is 1.95. The second kappa shape index (κ2) is 6.26. The van der Waals surface area contributed by atoms with E-state index < -0.39 is 11.4 Å². The first-order valence-electron chi connectivity index (χ1n) is 3.00. The molecule has 0 aliphatic heterocycles. The summed E-state index contributed by atoms with van der Waals surface area (Å²) >= 11 is -2.22. The van der Waals surface area contributed by atoms with Crippen LogP contribution in [-0.4, -0.2) is 27.9 Å². The molecule has 0 aromatic carbocycles. The summed E-state index contributed by atoms with van der Waals surface area (Å²) < 4.78 is 26.8. The number of rotatable bonds is 5. The molecule has 0 aromatic rings. The van der Waals surface area contributed by atoms with E-state index in [2.05, 4.69) is 8.92 Å². The molecule has 0 aromatic heterocycles. The van der Waals surface area contributed by atoms with Crippen LogP contribution in [0, 0.1) is 0 Å². The first kappa shape index (κ1) is 10.5. The van der Waals surface area contributed by atoms with Gasteiger partial charge in [-0.15, -0.1) is 0 Å². The second-order valence-corrected chi connectivity index (χ2v) is 2.40. The third kappa shape index (κ3) is 9.54. The maximum absolute atomic E-state index is 10.2. The van der Waals surface area contributed by atoms with Gasteiger partial charge in [0.05, 0.1) is 13.2 Å². The molecule has 0 amide bonds. The summed E-state index contributed by atoms with van der Waals surface area (Å²) in [4.78, 5) is 10.2. The number of ether oxygens (including phenoxy) is 1. The van der Waals surface area contributed by atoms with Crippen molar-refractivity contribution in [1.82, 2.24) is 0 Å². The van der Waals surface area contributed by atoms with Crippen molar-refractivity contribution in [1.29, 1.82) is 0 Å². The molecular formula is C5H10O5S. The second-order valence-electron chi connectivity index (χ2n) is 1.73. The first-order chi connectivity index (χ1) is 5.13. The van der Waals surface area contributed by atoms with Gasteiger partial charge in [0.25, 0.3) is 0 Å². The zero-order valence-corrected chi connectivity index (χ0v) is 6.93. The average Bonchev–Trinajstić information content (AvgIpc) is 1.85. The SMILES string of the molecule is CC(=O)OCCCOS(=O)O. The fraction of sp³-hybridized carbons (Fsp3) is 0.800. The lowest BCUT2D eigenvalue weighted by atomic mass is 10.5. The van der Waals surface area contributed by atoms with Crippen molar-refractivity contribution in [3.63, 3.8) is 0 Å². The molecule has 0 spiro atoms. The summed E-state index contributed by atoms with van der Waals surface area (Å²) in [6.45, 7) is 1.62. The Kier molecular flexibility index (Phi) is 6.00. The fourth-order valence-electron chi connectivity index (χ4n) is 0.405. The standard InChI is InChI=1S/C5H10O5S/c1-5(6)9-3-2-4-10-11(7)8/h2-4H2,1H3,(H,7,8). The van der Waals surface area contributed by atoms with Crippen LogP contribution in [0.1, 0.15) is 13.3 Å². The quantitative estimate of drug-likeness (QED) is 0.370. The van der Waals surface area contributed by atoms with Gasteiger partial charge in [-0.05, 0) is 0 Å². The summed E-state index contributed by atoms with van der Waals surface area (Å²) in [6.07, 6.45) is 0.423. The minimum absolute atomic E-state index is 0.108. The summed E-state index contributed by atoms with van der Waals surface area (Å²) in [5, 5.41) is 0. The third-order valence-electron chi connectivity index (χ3n) is 0.778. The molecule has 0 fully saturated rings. The van der Waals surface area contributed by atoms with Crippen molar-refractivity contribution in [2.24, 2.45) is 0 Å². The van der Waals surface area contributed by atoms with Gasteiger partial charge in [-0.1, -0.05) is 0 Å². The smallest absolute Gasteiger partial charge is 0.302 e. The molecular weight excluding hydrogens is 172 g/mol. The molecule has 5 nitrogen and oxygen atoms in total. The Morgan fingerprint density at radius 1 is 1.55 bits per heavy atom. The van der Waals surface area contributed by atoms with E-state index in [1.165, 1.54) is 6.92 Å². The maximum Gasteiger partial charge on any atom is 0.302 e. The Balaban J connectivity index is 3.03. The number of carbonyl (C=O) groups excluding carboxylic acids is 1. The predicted octanol–water partition coefficient (Wildman–Crippen LogP) is 0.0929. The zero-order valence-electron chi connectivity index (χ0n) is 6.11. The molecule has 0 heterocycles. The highest BCUT2D eigenvalue weighted by atomic mass is 32.2.